The Labute approximate surface area is 119 Å². The highest BCUT2D eigenvalue weighted by Crippen LogP contribution is 2.28. The first-order valence-electron chi connectivity index (χ1n) is 7.50. The first-order valence-corrected chi connectivity index (χ1v) is 7.50. The quantitative estimate of drug-likeness (QED) is 0.880. The molecule has 1 fully saturated rings. The van der Waals surface area contributed by atoms with Crippen molar-refractivity contribution in [2.24, 2.45) is 0 Å². The summed E-state index contributed by atoms with van der Waals surface area (Å²) >= 11 is 0. The molecule has 1 aromatic carbocycles. The predicted octanol–water partition coefficient (Wildman–Crippen LogP) is 2.78. The maximum Gasteiger partial charge on any atom is 0.195 e. The molecule has 0 amide bonds. The Morgan fingerprint density at radius 1 is 1.35 bits per heavy atom. The van der Waals surface area contributed by atoms with Crippen molar-refractivity contribution < 1.29 is 9.52 Å². The van der Waals surface area contributed by atoms with Crippen molar-refractivity contribution in [3.8, 4) is 0 Å². The van der Waals surface area contributed by atoms with E-state index in [2.05, 4.69) is 22.4 Å². The Bertz CT molecular complexity index is 585. The number of hydrogen-bond acceptors (Lipinski definition) is 4. The summed E-state index contributed by atoms with van der Waals surface area (Å²) in [5, 5.41) is 13.6. The summed E-state index contributed by atoms with van der Waals surface area (Å²) < 4.78 is 5.60. The van der Waals surface area contributed by atoms with Gasteiger partial charge in [0.05, 0.1) is 5.60 Å². The highest BCUT2D eigenvalue weighted by atomic mass is 16.3. The van der Waals surface area contributed by atoms with Gasteiger partial charge in [-0.2, -0.15) is 0 Å². The van der Waals surface area contributed by atoms with Crippen LogP contribution in [0.3, 0.4) is 0 Å². The molecule has 0 saturated heterocycles. The fraction of sp³-hybridized carbons (Fsp3) is 0.562. The first-order chi connectivity index (χ1) is 9.68. The fourth-order valence-electron chi connectivity index (χ4n) is 2.93. The Balaban J connectivity index is 1.62. The standard InChI is InChI=1S/C16H22N2O2/c1-2-15-18-13-9-12(5-6-14(13)20-15)10-17-11-16(19)7-3-4-8-16/h5-6,9,17,19H,2-4,7-8,10-11H2,1H3. The van der Waals surface area contributed by atoms with E-state index in [1.807, 2.05) is 13.0 Å². The fourth-order valence-corrected chi connectivity index (χ4v) is 2.93. The van der Waals surface area contributed by atoms with Gasteiger partial charge in [0.15, 0.2) is 11.5 Å². The van der Waals surface area contributed by atoms with Crippen molar-refractivity contribution >= 4 is 11.1 Å². The van der Waals surface area contributed by atoms with Crippen LogP contribution in [-0.2, 0) is 13.0 Å². The number of hydrogen-bond donors (Lipinski definition) is 2. The van der Waals surface area contributed by atoms with E-state index in [0.29, 0.717) is 6.54 Å². The summed E-state index contributed by atoms with van der Waals surface area (Å²) in [5.41, 5.74) is 2.45. The number of benzene rings is 1. The molecule has 2 aromatic rings. The molecular weight excluding hydrogens is 252 g/mol. The summed E-state index contributed by atoms with van der Waals surface area (Å²) in [6.07, 6.45) is 4.94. The van der Waals surface area contributed by atoms with E-state index in [0.717, 1.165) is 55.6 Å². The van der Waals surface area contributed by atoms with E-state index in [4.69, 9.17) is 4.42 Å². The summed E-state index contributed by atoms with van der Waals surface area (Å²) in [6.45, 7) is 3.46. The van der Waals surface area contributed by atoms with Gasteiger partial charge in [0.25, 0.3) is 0 Å². The Kier molecular flexibility index (Phi) is 3.76. The van der Waals surface area contributed by atoms with Crippen molar-refractivity contribution in [2.75, 3.05) is 6.54 Å². The highest BCUT2D eigenvalue weighted by Gasteiger charge is 2.30. The van der Waals surface area contributed by atoms with Crippen LogP contribution in [0.15, 0.2) is 22.6 Å². The van der Waals surface area contributed by atoms with Crippen molar-refractivity contribution in [1.82, 2.24) is 10.3 Å². The number of aryl methyl sites for hydroxylation is 1. The first kappa shape index (κ1) is 13.6. The van der Waals surface area contributed by atoms with Crippen molar-refractivity contribution in [3.05, 3.63) is 29.7 Å². The summed E-state index contributed by atoms with van der Waals surface area (Å²) in [6, 6.07) is 6.09. The largest absolute Gasteiger partial charge is 0.441 e. The topological polar surface area (TPSA) is 58.3 Å². The van der Waals surface area contributed by atoms with Gasteiger partial charge in [-0.3, -0.25) is 0 Å². The molecule has 1 aliphatic carbocycles. The third-order valence-corrected chi connectivity index (χ3v) is 4.12. The molecule has 0 spiro atoms. The maximum atomic E-state index is 10.3. The molecule has 1 aromatic heterocycles. The molecule has 0 aliphatic heterocycles. The van der Waals surface area contributed by atoms with Gasteiger partial charge < -0.3 is 14.8 Å². The van der Waals surface area contributed by atoms with Crippen LogP contribution in [0.5, 0.6) is 0 Å². The number of aliphatic hydroxyl groups is 1. The average Bonchev–Trinajstić information content (AvgIpc) is 3.04. The zero-order chi connectivity index (χ0) is 14.0. The molecule has 1 aliphatic rings. The number of fused-ring (bicyclic) bond motifs is 1. The number of nitrogens with zero attached hydrogens (tertiary/aromatic N) is 1. The minimum Gasteiger partial charge on any atom is -0.441 e. The van der Waals surface area contributed by atoms with Crippen LogP contribution in [0.2, 0.25) is 0 Å². The number of oxazole rings is 1. The van der Waals surface area contributed by atoms with Gasteiger partial charge in [-0.25, -0.2) is 4.98 Å². The highest BCUT2D eigenvalue weighted by molar-refractivity contribution is 5.73. The lowest BCUT2D eigenvalue weighted by molar-refractivity contribution is 0.0475. The molecule has 3 rings (SSSR count). The number of aromatic nitrogens is 1. The Morgan fingerprint density at radius 3 is 2.90 bits per heavy atom. The summed E-state index contributed by atoms with van der Waals surface area (Å²) in [5.74, 6) is 0.783. The van der Waals surface area contributed by atoms with Crippen LogP contribution in [0.4, 0.5) is 0 Å². The lowest BCUT2D eigenvalue weighted by Crippen LogP contribution is -2.37. The van der Waals surface area contributed by atoms with Gasteiger partial charge in [-0.1, -0.05) is 25.8 Å². The van der Waals surface area contributed by atoms with E-state index in [9.17, 15) is 5.11 Å². The molecular formula is C16H22N2O2. The smallest absolute Gasteiger partial charge is 0.195 e. The molecule has 0 unspecified atom stereocenters. The van der Waals surface area contributed by atoms with E-state index in [1.165, 1.54) is 5.56 Å². The normalized spacial score (nSPS) is 17.9. The SMILES string of the molecule is CCc1nc2cc(CNCC3(O)CCCC3)ccc2o1. The van der Waals surface area contributed by atoms with E-state index in [1.54, 1.807) is 0 Å². The van der Waals surface area contributed by atoms with Gasteiger partial charge in [0.1, 0.15) is 5.52 Å². The molecule has 108 valence electrons. The molecule has 4 nitrogen and oxygen atoms in total. The van der Waals surface area contributed by atoms with Crippen molar-refractivity contribution in [3.63, 3.8) is 0 Å². The van der Waals surface area contributed by atoms with Crippen LogP contribution in [0, 0.1) is 0 Å². The minimum atomic E-state index is -0.493. The Hall–Kier alpha value is -1.39. The lowest BCUT2D eigenvalue weighted by Gasteiger charge is -2.22. The third-order valence-electron chi connectivity index (χ3n) is 4.12. The van der Waals surface area contributed by atoms with Crippen LogP contribution >= 0.6 is 0 Å². The van der Waals surface area contributed by atoms with E-state index >= 15 is 0 Å². The second kappa shape index (κ2) is 5.54. The van der Waals surface area contributed by atoms with Crippen molar-refractivity contribution in [2.45, 2.75) is 51.2 Å². The Morgan fingerprint density at radius 2 is 2.15 bits per heavy atom. The third kappa shape index (κ3) is 2.86. The molecule has 0 atom stereocenters. The van der Waals surface area contributed by atoms with Gasteiger partial charge in [-0.05, 0) is 30.5 Å². The summed E-state index contributed by atoms with van der Waals surface area (Å²) in [7, 11) is 0. The molecule has 4 heteroatoms. The maximum absolute atomic E-state index is 10.3. The van der Waals surface area contributed by atoms with Crippen LogP contribution in [0.1, 0.15) is 44.1 Å². The molecule has 1 heterocycles. The van der Waals surface area contributed by atoms with Gasteiger partial charge >= 0.3 is 0 Å². The molecule has 2 N–H and O–H groups in total. The van der Waals surface area contributed by atoms with Crippen LogP contribution in [-0.4, -0.2) is 22.2 Å². The zero-order valence-electron chi connectivity index (χ0n) is 12.0. The monoisotopic (exact) mass is 274 g/mol. The number of nitrogens with one attached hydrogen (secondary N) is 1. The van der Waals surface area contributed by atoms with E-state index in [-0.39, 0.29) is 0 Å². The van der Waals surface area contributed by atoms with Gasteiger partial charge in [0, 0.05) is 19.5 Å². The molecule has 20 heavy (non-hydrogen) atoms. The average molecular weight is 274 g/mol. The number of rotatable bonds is 5. The van der Waals surface area contributed by atoms with Crippen LogP contribution < -0.4 is 5.32 Å². The molecule has 1 saturated carbocycles. The van der Waals surface area contributed by atoms with Gasteiger partial charge in [-0.15, -0.1) is 0 Å². The lowest BCUT2D eigenvalue weighted by atomic mass is 10.0. The minimum absolute atomic E-state index is 0.493. The second-order valence-corrected chi connectivity index (χ2v) is 5.80. The second-order valence-electron chi connectivity index (χ2n) is 5.80. The van der Waals surface area contributed by atoms with Gasteiger partial charge in [0.2, 0.25) is 0 Å². The van der Waals surface area contributed by atoms with Crippen molar-refractivity contribution in [1.29, 1.82) is 0 Å². The summed E-state index contributed by atoms with van der Waals surface area (Å²) in [4.78, 5) is 4.45. The zero-order valence-corrected chi connectivity index (χ0v) is 12.0. The molecule has 0 radical (unpaired) electrons. The van der Waals surface area contributed by atoms with Crippen LogP contribution in [0.25, 0.3) is 11.1 Å². The van der Waals surface area contributed by atoms with E-state index < -0.39 is 5.60 Å². The molecule has 0 bridgehead atoms. The predicted molar refractivity (Wildman–Crippen MR) is 78.5 cm³/mol.